The molecule has 0 saturated carbocycles. The largest absolute Gasteiger partial charge is 0.496 e. The predicted octanol–water partition coefficient (Wildman–Crippen LogP) is 5.91. The summed E-state index contributed by atoms with van der Waals surface area (Å²) in [7, 11) is 3.73. The van der Waals surface area contributed by atoms with E-state index in [0.29, 0.717) is 43.2 Å². The number of carbonyl (C=O) groups is 2. The van der Waals surface area contributed by atoms with E-state index in [9.17, 15) is 9.59 Å². The predicted molar refractivity (Wildman–Crippen MR) is 170 cm³/mol. The Labute approximate surface area is 251 Å². The van der Waals surface area contributed by atoms with Gasteiger partial charge < -0.3 is 24.0 Å². The fourth-order valence-corrected chi connectivity index (χ4v) is 6.36. The van der Waals surface area contributed by atoms with E-state index >= 15 is 0 Å². The minimum absolute atomic E-state index is 0.0466. The van der Waals surface area contributed by atoms with Crippen LogP contribution < -0.4 is 9.64 Å². The number of carbonyl (C=O) groups excluding carboxylic acids is 2. The van der Waals surface area contributed by atoms with Crippen LogP contribution in [0.3, 0.4) is 0 Å². The molecule has 1 saturated heterocycles. The van der Waals surface area contributed by atoms with Gasteiger partial charge in [0.05, 0.1) is 20.2 Å². The Bertz CT molecular complexity index is 1850. The molecule has 0 aliphatic carbocycles. The second-order valence-corrected chi connectivity index (χ2v) is 11.4. The lowest BCUT2D eigenvalue weighted by Crippen LogP contribution is -2.47. The summed E-state index contributed by atoms with van der Waals surface area (Å²) in [5, 5.41) is 2.28. The number of likely N-dealkylation sites (N-methyl/N-ethyl adjacent to an activating group) is 1. The SMILES string of the molecule is COc1cc(C(=O)N2Cc3ccc(C(=O)N4CCN(C)CC4)n3Cc3ccccc32)ccc1-c1cccc2ccccc12. The highest BCUT2D eigenvalue weighted by Crippen LogP contribution is 2.37. The molecule has 7 heteroatoms. The monoisotopic (exact) mass is 570 g/mol. The zero-order chi connectivity index (χ0) is 29.5. The molecule has 0 N–H and O–H groups in total. The van der Waals surface area contributed by atoms with Crippen LogP contribution in [0.15, 0.2) is 97.1 Å². The molecule has 2 aliphatic heterocycles. The van der Waals surface area contributed by atoms with Gasteiger partial charge in [0.2, 0.25) is 0 Å². The van der Waals surface area contributed by atoms with E-state index in [-0.39, 0.29) is 11.8 Å². The zero-order valence-electron chi connectivity index (χ0n) is 24.5. The molecule has 3 heterocycles. The van der Waals surface area contributed by atoms with Crippen LogP contribution in [-0.4, -0.2) is 66.5 Å². The molecule has 2 amide bonds. The van der Waals surface area contributed by atoms with Crippen LogP contribution in [0.25, 0.3) is 21.9 Å². The Morgan fingerprint density at radius 3 is 2.33 bits per heavy atom. The summed E-state index contributed by atoms with van der Waals surface area (Å²) >= 11 is 0. The fourth-order valence-electron chi connectivity index (χ4n) is 6.36. The molecule has 4 aromatic carbocycles. The second-order valence-electron chi connectivity index (χ2n) is 11.4. The van der Waals surface area contributed by atoms with Gasteiger partial charge in [-0.15, -0.1) is 0 Å². The highest BCUT2D eigenvalue weighted by atomic mass is 16.5. The Kier molecular flexibility index (Phi) is 6.95. The lowest BCUT2D eigenvalue weighted by atomic mass is 9.96. The summed E-state index contributed by atoms with van der Waals surface area (Å²) in [5.41, 5.74) is 6.00. The minimum atomic E-state index is -0.114. The lowest BCUT2D eigenvalue weighted by molar-refractivity contribution is 0.0653. The second kappa shape index (κ2) is 11.1. The maximum atomic E-state index is 14.3. The molecule has 7 rings (SSSR count). The van der Waals surface area contributed by atoms with Crippen molar-refractivity contribution in [1.29, 1.82) is 0 Å². The molecule has 7 nitrogen and oxygen atoms in total. The molecular weight excluding hydrogens is 536 g/mol. The van der Waals surface area contributed by atoms with Gasteiger partial charge in [0.25, 0.3) is 11.8 Å². The first-order valence-electron chi connectivity index (χ1n) is 14.7. The molecule has 1 fully saturated rings. The molecule has 216 valence electrons. The standard InChI is InChI=1S/C36H34N4O3/c1-37-18-20-38(21-19-37)36(42)33-17-15-28-24-40(32-13-6-4-9-27(32)23-39(28)33)35(41)26-14-16-31(34(22-26)43-2)30-12-7-10-25-8-3-5-11-29(25)30/h3-17,22H,18-21,23-24H2,1-2H3. The van der Waals surface area contributed by atoms with Crippen molar-refractivity contribution in [2.45, 2.75) is 13.1 Å². The van der Waals surface area contributed by atoms with Crippen molar-refractivity contribution in [3.63, 3.8) is 0 Å². The third-order valence-electron chi connectivity index (χ3n) is 8.79. The Balaban J connectivity index is 1.24. The number of ether oxygens (including phenoxy) is 1. The van der Waals surface area contributed by atoms with Crippen molar-refractivity contribution >= 4 is 28.3 Å². The average Bonchev–Trinajstić information content (AvgIpc) is 3.36. The van der Waals surface area contributed by atoms with Gasteiger partial charge in [-0.3, -0.25) is 9.59 Å². The maximum Gasteiger partial charge on any atom is 0.270 e. The van der Waals surface area contributed by atoms with Crippen molar-refractivity contribution in [2.24, 2.45) is 0 Å². The van der Waals surface area contributed by atoms with E-state index in [1.165, 1.54) is 0 Å². The smallest absolute Gasteiger partial charge is 0.270 e. The minimum Gasteiger partial charge on any atom is -0.496 e. The van der Waals surface area contributed by atoms with Crippen LogP contribution in [0, 0.1) is 0 Å². The Hall–Kier alpha value is -4.88. The quantitative estimate of drug-likeness (QED) is 0.270. The molecule has 43 heavy (non-hydrogen) atoms. The summed E-state index contributed by atoms with van der Waals surface area (Å²) in [5.74, 6) is 0.580. The number of methoxy groups -OCH3 is 1. The van der Waals surface area contributed by atoms with E-state index in [1.807, 2.05) is 82.6 Å². The summed E-state index contributed by atoms with van der Waals surface area (Å²) in [6, 6.07) is 32.1. The van der Waals surface area contributed by atoms with Gasteiger partial charge in [-0.2, -0.15) is 0 Å². The van der Waals surface area contributed by atoms with Crippen LogP contribution in [0.1, 0.15) is 32.1 Å². The first-order chi connectivity index (χ1) is 21.0. The van der Waals surface area contributed by atoms with Crippen molar-refractivity contribution in [1.82, 2.24) is 14.4 Å². The number of nitrogens with zero attached hydrogens (tertiary/aromatic N) is 4. The number of amides is 2. The van der Waals surface area contributed by atoms with Crippen LogP contribution in [0.2, 0.25) is 0 Å². The first kappa shape index (κ1) is 27.0. The van der Waals surface area contributed by atoms with E-state index in [1.54, 1.807) is 7.11 Å². The average molecular weight is 571 g/mol. The maximum absolute atomic E-state index is 14.3. The number of hydrogen-bond donors (Lipinski definition) is 0. The van der Waals surface area contributed by atoms with Crippen molar-refractivity contribution < 1.29 is 14.3 Å². The molecule has 2 aliphatic rings. The Morgan fingerprint density at radius 2 is 1.49 bits per heavy atom. The topological polar surface area (TPSA) is 58.0 Å². The van der Waals surface area contributed by atoms with Crippen molar-refractivity contribution in [3.8, 4) is 16.9 Å². The number of benzene rings is 4. The molecule has 1 aromatic heterocycles. The third kappa shape index (κ3) is 4.85. The number of rotatable bonds is 4. The van der Waals surface area contributed by atoms with E-state index in [2.05, 4.69) is 40.8 Å². The van der Waals surface area contributed by atoms with Gasteiger partial charge in [-0.1, -0.05) is 60.7 Å². The Morgan fingerprint density at radius 1 is 0.721 bits per heavy atom. The highest BCUT2D eigenvalue weighted by Gasteiger charge is 2.30. The number of para-hydroxylation sites is 1. The fraction of sp³-hybridized carbons (Fsp3) is 0.222. The van der Waals surface area contributed by atoms with Gasteiger partial charge in [-0.25, -0.2) is 0 Å². The molecule has 5 aromatic rings. The number of piperazine rings is 1. The molecule has 0 bridgehead atoms. The van der Waals surface area contributed by atoms with E-state index < -0.39 is 0 Å². The van der Waals surface area contributed by atoms with Crippen molar-refractivity contribution in [2.75, 3.05) is 45.2 Å². The summed E-state index contributed by atoms with van der Waals surface area (Å²) in [6.45, 7) is 4.06. The van der Waals surface area contributed by atoms with Crippen LogP contribution in [0.4, 0.5) is 5.69 Å². The molecule has 0 spiro atoms. The molecule has 0 unspecified atom stereocenters. The highest BCUT2D eigenvalue weighted by molar-refractivity contribution is 6.08. The van der Waals surface area contributed by atoms with Crippen LogP contribution in [0.5, 0.6) is 5.75 Å². The first-order valence-corrected chi connectivity index (χ1v) is 14.7. The van der Waals surface area contributed by atoms with Gasteiger partial charge in [0.1, 0.15) is 11.4 Å². The summed E-state index contributed by atoms with van der Waals surface area (Å²) in [4.78, 5) is 33.8. The summed E-state index contributed by atoms with van der Waals surface area (Å²) < 4.78 is 7.93. The van der Waals surface area contributed by atoms with Crippen molar-refractivity contribution in [3.05, 3.63) is 120 Å². The van der Waals surface area contributed by atoms with Gasteiger partial charge in [0, 0.05) is 48.7 Å². The third-order valence-corrected chi connectivity index (χ3v) is 8.79. The van der Waals surface area contributed by atoms with E-state index in [4.69, 9.17) is 4.74 Å². The normalized spacial score (nSPS) is 15.1. The molecule has 0 radical (unpaired) electrons. The van der Waals surface area contributed by atoms with Crippen LogP contribution >= 0.6 is 0 Å². The zero-order valence-corrected chi connectivity index (χ0v) is 24.5. The van der Waals surface area contributed by atoms with Gasteiger partial charge in [-0.05, 0) is 65.3 Å². The molecular formula is C36H34N4O3. The van der Waals surface area contributed by atoms with Gasteiger partial charge in [0.15, 0.2) is 0 Å². The van der Waals surface area contributed by atoms with Crippen LogP contribution in [-0.2, 0) is 13.1 Å². The number of fused-ring (bicyclic) bond motifs is 3. The number of hydrogen-bond acceptors (Lipinski definition) is 4. The number of anilines is 1. The van der Waals surface area contributed by atoms with E-state index in [0.717, 1.165) is 51.9 Å². The lowest BCUT2D eigenvalue weighted by Gasteiger charge is -2.32. The summed E-state index contributed by atoms with van der Waals surface area (Å²) in [6.07, 6.45) is 0. The molecule has 0 atom stereocenters. The van der Waals surface area contributed by atoms with Gasteiger partial charge >= 0.3 is 0 Å². The number of aromatic nitrogens is 1.